The first-order chi connectivity index (χ1) is 13.6. The Balaban J connectivity index is 0.00000300. The van der Waals surface area contributed by atoms with E-state index in [1.807, 2.05) is 22.9 Å². The van der Waals surface area contributed by atoms with Crippen LogP contribution >= 0.6 is 24.0 Å². The van der Waals surface area contributed by atoms with Crippen molar-refractivity contribution >= 4 is 29.9 Å². The van der Waals surface area contributed by atoms with E-state index in [-0.39, 0.29) is 24.0 Å². The lowest BCUT2D eigenvalue weighted by atomic mass is 10.2. The molecular weight excluding hydrogens is 475 g/mol. The molecule has 2 aromatic rings. The van der Waals surface area contributed by atoms with Crippen LogP contribution in [0.1, 0.15) is 43.6 Å². The quantitative estimate of drug-likeness (QED) is 0.339. The van der Waals surface area contributed by atoms with Gasteiger partial charge in [-0.25, -0.2) is 9.67 Å². The van der Waals surface area contributed by atoms with Gasteiger partial charge in [-0.2, -0.15) is 5.10 Å². The lowest BCUT2D eigenvalue weighted by molar-refractivity contribution is 0.267. The van der Waals surface area contributed by atoms with Crippen LogP contribution in [-0.2, 0) is 6.54 Å². The van der Waals surface area contributed by atoms with Crippen LogP contribution < -0.4 is 10.6 Å². The number of halogens is 1. The molecule has 0 aliphatic carbocycles. The van der Waals surface area contributed by atoms with Crippen LogP contribution in [0.25, 0.3) is 5.69 Å². The fraction of sp³-hybridized carbons (Fsp3) is 0.545. The highest BCUT2D eigenvalue weighted by molar-refractivity contribution is 14.0. The summed E-state index contributed by atoms with van der Waals surface area (Å²) in [6.07, 6.45) is 2.56. The highest BCUT2D eigenvalue weighted by Gasteiger charge is 2.22. The predicted octanol–water partition coefficient (Wildman–Crippen LogP) is 3.65. The van der Waals surface area contributed by atoms with Crippen molar-refractivity contribution < 1.29 is 0 Å². The molecule has 160 valence electrons. The van der Waals surface area contributed by atoms with Crippen LogP contribution in [-0.4, -0.2) is 52.9 Å². The summed E-state index contributed by atoms with van der Waals surface area (Å²) < 4.78 is 2.01. The van der Waals surface area contributed by atoms with Gasteiger partial charge in [0.2, 0.25) is 0 Å². The number of aliphatic imine (C=N–C) groups is 1. The van der Waals surface area contributed by atoms with E-state index in [0.29, 0.717) is 12.6 Å². The zero-order valence-corrected chi connectivity index (χ0v) is 20.4. The molecule has 1 aromatic heterocycles. The molecule has 1 fully saturated rings. The number of nitrogens with zero attached hydrogens (tertiary/aromatic N) is 4. The smallest absolute Gasteiger partial charge is 0.191 e. The average molecular weight is 510 g/mol. The third-order valence-electron chi connectivity index (χ3n) is 5.59. The van der Waals surface area contributed by atoms with Crippen LogP contribution in [0.2, 0.25) is 0 Å². The highest BCUT2D eigenvalue weighted by Crippen LogP contribution is 2.19. The molecule has 0 amide bonds. The van der Waals surface area contributed by atoms with Crippen LogP contribution in [0.4, 0.5) is 0 Å². The normalized spacial score (nSPS) is 17.2. The Kier molecular flexibility index (Phi) is 9.42. The molecule has 6 nitrogen and oxygen atoms in total. The van der Waals surface area contributed by atoms with Crippen molar-refractivity contribution in [3.8, 4) is 5.69 Å². The van der Waals surface area contributed by atoms with Gasteiger partial charge in [-0.1, -0.05) is 25.1 Å². The van der Waals surface area contributed by atoms with Crippen molar-refractivity contribution in [2.24, 2.45) is 4.99 Å². The van der Waals surface area contributed by atoms with E-state index < -0.39 is 0 Å². The molecule has 1 aliphatic heterocycles. The van der Waals surface area contributed by atoms with Gasteiger partial charge in [0.15, 0.2) is 5.96 Å². The summed E-state index contributed by atoms with van der Waals surface area (Å²) >= 11 is 0. The summed E-state index contributed by atoms with van der Waals surface area (Å²) in [4.78, 5) is 7.40. The second kappa shape index (κ2) is 11.5. The molecule has 7 heteroatoms. The molecule has 1 atom stereocenters. The minimum absolute atomic E-state index is 0. The maximum absolute atomic E-state index is 4.85. The van der Waals surface area contributed by atoms with Gasteiger partial charge >= 0.3 is 0 Å². The Morgan fingerprint density at radius 1 is 1.17 bits per heavy atom. The minimum Gasteiger partial charge on any atom is -0.357 e. The van der Waals surface area contributed by atoms with E-state index >= 15 is 0 Å². The van der Waals surface area contributed by atoms with E-state index in [4.69, 9.17) is 10.1 Å². The Hall–Kier alpha value is -1.61. The number of nitrogens with one attached hydrogen (secondary N) is 2. The van der Waals surface area contributed by atoms with Gasteiger partial charge in [0, 0.05) is 30.4 Å². The number of hydrogen-bond donors (Lipinski definition) is 2. The number of rotatable bonds is 7. The standard InChI is InChI=1S/C22H34N6.HI/c1-5-23-22(24-15-20-13-10-14-27(20)6-2)25-16-21-17(3)26-28(18(21)4)19-11-8-7-9-12-19;/h7-9,11-12,20H,5-6,10,13-16H2,1-4H3,(H2,23,24,25);1H. The molecule has 29 heavy (non-hydrogen) atoms. The van der Waals surface area contributed by atoms with Crippen molar-refractivity contribution in [2.45, 2.75) is 53.1 Å². The monoisotopic (exact) mass is 510 g/mol. The molecule has 3 rings (SSSR count). The van der Waals surface area contributed by atoms with Crippen LogP contribution in [0.5, 0.6) is 0 Å². The number of likely N-dealkylation sites (N-methyl/N-ethyl adjacent to an activating group) is 1. The van der Waals surface area contributed by atoms with Crippen molar-refractivity contribution in [2.75, 3.05) is 26.2 Å². The number of aryl methyl sites for hydroxylation is 1. The third-order valence-corrected chi connectivity index (χ3v) is 5.59. The van der Waals surface area contributed by atoms with Gasteiger partial charge in [-0.15, -0.1) is 24.0 Å². The van der Waals surface area contributed by atoms with Crippen molar-refractivity contribution in [3.63, 3.8) is 0 Å². The lowest BCUT2D eigenvalue weighted by Crippen LogP contribution is -2.44. The Morgan fingerprint density at radius 3 is 2.62 bits per heavy atom. The van der Waals surface area contributed by atoms with Gasteiger partial charge in [-0.05, 0) is 58.8 Å². The van der Waals surface area contributed by atoms with Gasteiger partial charge in [0.25, 0.3) is 0 Å². The number of aromatic nitrogens is 2. The Morgan fingerprint density at radius 2 is 1.93 bits per heavy atom. The van der Waals surface area contributed by atoms with Gasteiger partial charge < -0.3 is 10.6 Å². The van der Waals surface area contributed by atoms with E-state index in [1.54, 1.807) is 0 Å². The van der Waals surface area contributed by atoms with Gasteiger partial charge in [-0.3, -0.25) is 4.90 Å². The molecule has 0 spiro atoms. The molecule has 0 radical (unpaired) electrons. The SMILES string of the molecule is CCNC(=NCc1c(C)nn(-c2ccccc2)c1C)NCC1CCCN1CC.I. The summed E-state index contributed by atoms with van der Waals surface area (Å²) in [5.74, 6) is 0.886. The molecule has 0 bridgehead atoms. The zero-order valence-electron chi connectivity index (χ0n) is 18.1. The predicted molar refractivity (Wildman–Crippen MR) is 132 cm³/mol. The molecule has 0 saturated carbocycles. The van der Waals surface area contributed by atoms with Crippen LogP contribution in [0.15, 0.2) is 35.3 Å². The largest absolute Gasteiger partial charge is 0.357 e. The molecule has 1 unspecified atom stereocenters. The summed E-state index contributed by atoms with van der Waals surface area (Å²) in [5, 5.41) is 11.7. The molecule has 1 aliphatic rings. The van der Waals surface area contributed by atoms with Crippen LogP contribution in [0, 0.1) is 13.8 Å². The summed E-state index contributed by atoms with van der Waals surface area (Å²) in [6.45, 7) is 13.3. The number of benzene rings is 1. The summed E-state index contributed by atoms with van der Waals surface area (Å²) in [6, 6.07) is 10.9. The van der Waals surface area contributed by atoms with Crippen molar-refractivity contribution in [1.82, 2.24) is 25.3 Å². The number of guanidine groups is 1. The van der Waals surface area contributed by atoms with Crippen molar-refractivity contribution in [3.05, 3.63) is 47.3 Å². The van der Waals surface area contributed by atoms with E-state index in [0.717, 1.165) is 42.7 Å². The summed E-state index contributed by atoms with van der Waals surface area (Å²) in [5.41, 5.74) is 4.46. The minimum atomic E-state index is 0. The summed E-state index contributed by atoms with van der Waals surface area (Å²) in [7, 11) is 0. The van der Waals surface area contributed by atoms with E-state index in [2.05, 4.69) is 55.4 Å². The maximum atomic E-state index is 4.85. The first kappa shape index (κ1) is 23.7. The van der Waals surface area contributed by atoms with E-state index in [1.165, 1.54) is 24.9 Å². The highest BCUT2D eigenvalue weighted by atomic mass is 127. The molecule has 1 saturated heterocycles. The fourth-order valence-electron chi connectivity index (χ4n) is 3.98. The number of para-hydroxylation sites is 1. The van der Waals surface area contributed by atoms with Gasteiger partial charge in [0.1, 0.15) is 0 Å². The Labute approximate surface area is 192 Å². The molecule has 2 heterocycles. The lowest BCUT2D eigenvalue weighted by Gasteiger charge is -2.24. The van der Waals surface area contributed by atoms with E-state index in [9.17, 15) is 0 Å². The molecular formula is C22H35IN6. The first-order valence-electron chi connectivity index (χ1n) is 10.5. The fourth-order valence-corrected chi connectivity index (χ4v) is 3.98. The second-order valence-corrected chi connectivity index (χ2v) is 7.40. The topological polar surface area (TPSA) is 57.5 Å². The first-order valence-corrected chi connectivity index (χ1v) is 10.5. The molecule has 1 aromatic carbocycles. The Bertz CT molecular complexity index is 786. The second-order valence-electron chi connectivity index (χ2n) is 7.40. The molecule has 2 N–H and O–H groups in total. The number of hydrogen-bond acceptors (Lipinski definition) is 3. The maximum Gasteiger partial charge on any atom is 0.191 e. The zero-order chi connectivity index (χ0) is 19.9. The van der Waals surface area contributed by atoms with Crippen molar-refractivity contribution in [1.29, 1.82) is 0 Å². The number of likely N-dealkylation sites (tertiary alicyclic amines) is 1. The van der Waals surface area contributed by atoms with Crippen LogP contribution in [0.3, 0.4) is 0 Å². The third kappa shape index (κ3) is 5.94. The average Bonchev–Trinajstić information content (AvgIpc) is 3.29. The van der Waals surface area contributed by atoms with Gasteiger partial charge in [0.05, 0.1) is 17.9 Å².